The van der Waals surface area contributed by atoms with Gasteiger partial charge in [-0.15, -0.1) is 0 Å². The van der Waals surface area contributed by atoms with E-state index in [9.17, 15) is 8.42 Å². The van der Waals surface area contributed by atoms with Crippen molar-refractivity contribution in [2.45, 2.75) is 25.7 Å². The molecule has 168 valence electrons. The first kappa shape index (κ1) is 22.0. The Morgan fingerprint density at radius 1 is 0.742 bits per heavy atom. The number of benzene rings is 1. The average Bonchev–Trinajstić information content (AvgIpc) is 2.75. The first-order chi connectivity index (χ1) is 14.7. The summed E-state index contributed by atoms with van der Waals surface area (Å²) in [6, 6.07) is 7.40. The van der Waals surface area contributed by atoms with E-state index in [0.29, 0.717) is 31.1 Å². The highest BCUT2D eigenvalue weighted by molar-refractivity contribution is 7.89. The highest BCUT2D eigenvalue weighted by atomic mass is 32.2. The number of anilines is 2. The summed E-state index contributed by atoms with van der Waals surface area (Å²) in [5, 5.41) is 0. The van der Waals surface area contributed by atoms with Gasteiger partial charge in [0.2, 0.25) is 10.0 Å². The van der Waals surface area contributed by atoms with Crippen LogP contribution in [0.25, 0.3) is 0 Å². The Morgan fingerprint density at radius 2 is 1.29 bits per heavy atom. The maximum absolute atomic E-state index is 13.1. The van der Waals surface area contributed by atoms with Crippen molar-refractivity contribution in [3.8, 4) is 0 Å². The second kappa shape index (κ2) is 8.72. The molecule has 3 heterocycles. The predicted molar refractivity (Wildman–Crippen MR) is 123 cm³/mol. The normalized spacial score (nSPS) is 19.1. The van der Waals surface area contributed by atoms with Gasteiger partial charge in [0.05, 0.1) is 4.90 Å². The first-order valence-corrected chi connectivity index (χ1v) is 12.3. The fourth-order valence-electron chi connectivity index (χ4n) is 4.08. The molecule has 1 aromatic heterocycles. The summed E-state index contributed by atoms with van der Waals surface area (Å²) in [5.74, 6) is 2.59. The third kappa shape index (κ3) is 4.68. The van der Waals surface area contributed by atoms with Crippen molar-refractivity contribution in [2.75, 3.05) is 69.2 Å². The topological polar surface area (TPSA) is 72.9 Å². The molecule has 2 aliphatic heterocycles. The van der Waals surface area contributed by atoms with Crippen LogP contribution in [0.15, 0.2) is 29.2 Å². The number of hydrogen-bond acceptors (Lipinski definition) is 7. The Labute approximate surface area is 185 Å². The van der Waals surface area contributed by atoms with Crippen LogP contribution >= 0.6 is 0 Å². The van der Waals surface area contributed by atoms with Gasteiger partial charge in [0.15, 0.2) is 0 Å². The van der Waals surface area contributed by atoms with Crippen LogP contribution in [-0.4, -0.2) is 87.0 Å². The van der Waals surface area contributed by atoms with Gasteiger partial charge in [-0.2, -0.15) is 4.31 Å². The second-order valence-electron chi connectivity index (χ2n) is 8.56. The van der Waals surface area contributed by atoms with Crippen molar-refractivity contribution in [2.24, 2.45) is 0 Å². The van der Waals surface area contributed by atoms with Gasteiger partial charge in [0.1, 0.15) is 17.5 Å². The molecule has 2 aliphatic rings. The molecule has 9 heteroatoms. The Hall–Kier alpha value is -2.23. The summed E-state index contributed by atoms with van der Waals surface area (Å²) < 4.78 is 27.8. The van der Waals surface area contributed by atoms with Crippen molar-refractivity contribution >= 4 is 21.7 Å². The minimum Gasteiger partial charge on any atom is -0.354 e. The molecule has 2 fully saturated rings. The lowest BCUT2D eigenvalue weighted by atomic mass is 10.1. The van der Waals surface area contributed by atoms with E-state index in [0.717, 1.165) is 54.8 Å². The first-order valence-electron chi connectivity index (χ1n) is 10.9. The number of aromatic nitrogens is 2. The molecule has 31 heavy (non-hydrogen) atoms. The van der Waals surface area contributed by atoms with Crippen LogP contribution in [0.2, 0.25) is 0 Å². The maximum Gasteiger partial charge on any atom is 0.243 e. The number of nitrogens with zero attached hydrogens (tertiary/aromatic N) is 6. The molecule has 0 atom stereocenters. The zero-order valence-corrected chi connectivity index (χ0v) is 19.7. The van der Waals surface area contributed by atoms with E-state index in [1.165, 1.54) is 0 Å². The monoisotopic (exact) mass is 444 g/mol. The number of hydrogen-bond donors (Lipinski definition) is 0. The van der Waals surface area contributed by atoms with Crippen LogP contribution in [0.3, 0.4) is 0 Å². The van der Waals surface area contributed by atoms with Crippen molar-refractivity contribution in [3.63, 3.8) is 0 Å². The molecule has 0 unspecified atom stereocenters. The van der Waals surface area contributed by atoms with E-state index >= 15 is 0 Å². The van der Waals surface area contributed by atoms with Crippen molar-refractivity contribution in [3.05, 3.63) is 41.2 Å². The predicted octanol–water partition coefficient (Wildman–Crippen LogP) is 1.66. The Kier molecular flexibility index (Phi) is 6.18. The van der Waals surface area contributed by atoms with Gasteiger partial charge in [-0.3, -0.25) is 0 Å². The Bertz CT molecular complexity index is 1040. The quantitative estimate of drug-likeness (QED) is 0.710. The standard InChI is InChI=1S/C22H32N6O2S/c1-17-5-6-20(15-18(17)2)31(29,30)28-13-11-27(12-14-28)22-16-21(23-19(3)24-22)26-9-7-25(4)8-10-26/h5-6,15-16H,7-14H2,1-4H3. The van der Waals surface area contributed by atoms with Crippen LogP contribution in [-0.2, 0) is 10.0 Å². The average molecular weight is 445 g/mol. The molecule has 2 aromatic rings. The van der Waals surface area contributed by atoms with Gasteiger partial charge >= 0.3 is 0 Å². The van der Waals surface area contributed by atoms with Gasteiger partial charge in [-0.05, 0) is 51.1 Å². The molecule has 0 saturated carbocycles. The number of piperazine rings is 2. The third-order valence-electron chi connectivity index (χ3n) is 6.32. The Balaban J connectivity index is 1.46. The molecule has 0 spiro atoms. The van der Waals surface area contributed by atoms with Gasteiger partial charge in [0, 0.05) is 58.4 Å². The number of sulfonamides is 1. The summed E-state index contributed by atoms with van der Waals surface area (Å²) >= 11 is 0. The zero-order chi connectivity index (χ0) is 22.2. The van der Waals surface area contributed by atoms with Crippen LogP contribution in [0, 0.1) is 20.8 Å². The van der Waals surface area contributed by atoms with E-state index in [-0.39, 0.29) is 0 Å². The molecule has 0 bridgehead atoms. The summed E-state index contributed by atoms with van der Waals surface area (Å²) in [7, 11) is -1.35. The zero-order valence-electron chi connectivity index (χ0n) is 18.9. The lowest BCUT2D eigenvalue weighted by molar-refractivity contribution is 0.312. The van der Waals surface area contributed by atoms with Crippen LogP contribution in [0.1, 0.15) is 17.0 Å². The molecule has 0 amide bonds. The fraction of sp³-hybridized carbons (Fsp3) is 0.545. The highest BCUT2D eigenvalue weighted by Crippen LogP contribution is 2.24. The minimum atomic E-state index is -3.48. The third-order valence-corrected chi connectivity index (χ3v) is 8.21. The molecule has 0 aliphatic carbocycles. The lowest BCUT2D eigenvalue weighted by Crippen LogP contribution is -2.49. The van der Waals surface area contributed by atoms with E-state index in [1.54, 1.807) is 16.4 Å². The molecule has 1 aromatic carbocycles. The number of rotatable bonds is 4. The Morgan fingerprint density at radius 3 is 1.84 bits per heavy atom. The minimum absolute atomic E-state index is 0.374. The van der Waals surface area contributed by atoms with Gasteiger partial charge in [0.25, 0.3) is 0 Å². The summed E-state index contributed by atoms with van der Waals surface area (Å²) in [6.45, 7) is 11.9. The van der Waals surface area contributed by atoms with Crippen molar-refractivity contribution in [1.82, 2.24) is 19.2 Å². The van der Waals surface area contributed by atoms with Crippen LogP contribution in [0.5, 0.6) is 0 Å². The molecule has 4 rings (SSSR count). The lowest BCUT2D eigenvalue weighted by Gasteiger charge is -2.36. The maximum atomic E-state index is 13.1. The highest BCUT2D eigenvalue weighted by Gasteiger charge is 2.29. The molecule has 8 nitrogen and oxygen atoms in total. The summed E-state index contributed by atoms with van der Waals surface area (Å²) in [4.78, 5) is 16.5. The van der Waals surface area contributed by atoms with E-state index in [4.69, 9.17) is 0 Å². The largest absolute Gasteiger partial charge is 0.354 e. The second-order valence-corrected chi connectivity index (χ2v) is 10.5. The van der Waals surface area contributed by atoms with Crippen LogP contribution < -0.4 is 9.80 Å². The molecule has 0 radical (unpaired) electrons. The van der Waals surface area contributed by atoms with Crippen molar-refractivity contribution in [1.29, 1.82) is 0 Å². The summed E-state index contributed by atoms with van der Waals surface area (Å²) in [6.07, 6.45) is 0. The number of likely N-dealkylation sites (N-methyl/N-ethyl adjacent to an activating group) is 1. The van der Waals surface area contributed by atoms with Gasteiger partial charge in [-0.25, -0.2) is 18.4 Å². The van der Waals surface area contributed by atoms with Crippen molar-refractivity contribution < 1.29 is 8.42 Å². The number of aryl methyl sites for hydroxylation is 3. The molecular weight excluding hydrogens is 412 g/mol. The molecule has 0 N–H and O–H groups in total. The van der Waals surface area contributed by atoms with E-state index in [1.807, 2.05) is 32.9 Å². The van der Waals surface area contributed by atoms with E-state index in [2.05, 4.69) is 31.7 Å². The smallest absolute Gasteiger partial charge is 0.243 e. The van der Waals surface area contributed by atoms with Gasteiger partial charge < -0.3 is 14.7 Å². The molecular formula is C22H32N6O2S. The fourth-order valence-corrected chi connectivity index (χ4v) is 5.58. The van der Waals surface area contributed by atoms with E-state index < -0.39 is 10.0 Å². The molecule has 2 saturated heterocycles. The van der Waals surface area contributed by atoms with Gasteiger partial charge in [-0.1, -0.05) is 6.07 Å². The SMILES string of the molecule is Cc1nc(N2CCN(C)CC2)cc(N2CCN(S(=O)(=O)c3ccc(C)c(C)c3)CC2)n1. The summed E-state index contributed by atoms with van der Waals surface area (Å²) in [5.41, 5.74) is 2.09. The van der Waals surface area contributed by atoms with Crippen LogP contribution in [0.4, 0.5) is 11.6 Å².